The highest BCUT2D eigenvalue weighted by Gasteiger charge is 2.48. The fourth-order valence-electron chi connectivity index (χ4n) is 2.63. The number of carboxylic acid groups (broad SMARTS) is 1. The standard InChI is InChI=1S/C13H13NO4/c15-10-7-18-9-4-1-3-8(11(9)14-10)13(12(16)17)5-2-6-13/h1,3-4H,2,5-7H2,(H,14,15)(H,16,17). The Bertz CT molecular complexity index is 534. The van der Waals surface area contributed by atoms with E-state index in [1.54, 1.807) is 18.2 Å². The van der Waals surface area contributed by atoms with Gasteiger partial charge in [0.2, 0.25) is 0 Å². The predicted molar refractivity (Wildman–Crippen MR) is 63.7 cm³/mol. The number of hydrogen-bond acceptors (Lipinski definition) is 3. The Kier molecular flexibility index (Phi) is 2.29. The van der Waals surface area contributed by atoms with Gasteiger partial charge in [-0.3, -0.25) is 9.59 Å². The normalized spacial score (nSPS) is 20.1. The molecule has 3 rings (SSSR count). The molecule has 5 heteroatoms. The quantitative estimate of drug-likeness (QED) is 0.830. The molecule has 1 fully saturated rings. The molecular formula is C13H13NO4. The summed E-state index contributed by atoms with van der Waals surface area (Å²) in [5, 5.41) is 12.2. The van der Waals surface area contributed by atoms with Gasteiger partial charge in [-0.05, 0) is 24.5 Å². The van der Waals surface area contributed by atoms with Crippen LogP contribution in [0.25, 0.3) is 0 Å². The molecule has 1 aliphatic carbocycles. The Hall–Kier alpha value is -2.04. The van der Waals surface area contributed by atoms with Crippen LogP contribution < -0.4 is 10.1 Å². The van der Waals surface area contributed by atoms with E-state index in [0.717, 1.165) is 6.42 Å². The first-order chi connectivity index (χ1) is 8.63. The summed E-state index contributed by atoms with van der Waals surface area (Å²) < 4.78 is 5.31. The molecule has 0 atom stereocenters. The Morgan fingerprint density at radius 1 is 1.39 bits per heavy atom. The topological polar surface area (TPSA) is 75.6 Å². The van der Waals surface area contributed by atoms with E-state index < -0.39 is 11.4 Å². The van der Waals surface area contributed by atoms with Crippen molar-refractivity contribution in [2.75, 3.05) is 11.9 Å². The van der Waals surface area contributed by atoms with E-state index >= 15 is 0 Å². The van der Waals surface area contributed by atoms with Crippen LogP contribution in [-0.2, 0) is 15.0 Å². The van der Waals surface area contributed by atoms with Crippen molar-refractivity contribution < 1.29 is 19.4 Å². The van der Waals surface area contributed by atoms with Gasteiger partial charge in [-0.15, -0.1) is 0 Å². The van der Waals surface area contributed by atoms with Crippen LogP contribution in [0.5, 0.6) is 5.75 Å². The summed E-state index contributed by atoms with van der Waals surface area (Å²) in [6.45, 7) is -0.0173. The molecule has 2 aliphatic rings. The number of nitrogens with one attached hydrogen (secondary N) is 1. The molecule has 0 spiro atoms. The van der Waals surface area contributed by atoms with Crippen molar-refractivity contribution in [3.63, 3.8) is 0 Å². The second kappa shape index (κ2) is 3.73. The minimum atomic E-state index is -0.862. The van der Waals surface area contributed by atoms with E-state index in [1.165, 1.54) is 0 Å². The SMILES string of the molecule is O=C1COc2cccc(C3(C(=O)O)CCC3)c2N1. The summed E-state index contributed by atoms with van der Waals surface area (Å²) in [6, 6.07) is 5.28. The number of anilines is 1. The molecule has 2 N–H and O–H groups in total. The minimum Gasteiger partial charge on any atom is -0.482 e. The number of fused-ring (bicyclic) bond motifs is 1. The number of amides is 1. The van der Waals surface area contributed by atoms with Gasteiger partial charge in [-0.1, -0.05) is 18.6 Å². The molecule has 1 aromatic carbocycles. The highest BCUT2D eigenvalue weighted by Crippen LogP contribution is 2.49. The summed E-state index contributed by atoms with van der Waals surface area (Å²) in [4.78, 5) is 22.9. The van der Waals surface area contributed by atoms with Crippen LogP contribution in [0.15, 0.2) is 18.2 Å². The highest BCUT2D eigenvalue weighted by atomic mass is 16.5. The molecule has 1 aliphatic heterocycles. The lowest BCUT2D eigenvalue weighted by Crippen LogP contribution is -2.43. The summed E-state index contributed by atoms with van der Waals surface area (Å²) in [5.41, 5.74) is 0.321. The Morgan fingerprint density at radius 3 is 2.78 bits per heavy atom. The van der Waals surface area contributed by atoms with Gasteiger partial charge in [-0.25, -0.2) is 0 Å². The molecule has 1 saturated carbocycles. The van der Waals surface area contributed by atoms with Crippen molar-refractivity contribution >= 4 is 17.6 Å². The molecule has 94 valence electrons. The molecule has 0 radical (unpaired) electrons. The number of ether oxygens (including phenoxy) is 1. The largest absolute Gasteiger partial charge is 0.482 e. The van der Waals surface area contributed by atoms with E-state index in [1.807, 2.05) is 0 Å². The third-order valence-electron chi connectivity index (χ3n) is 3.78. The molecule has 1 aromatic rings. The lowest BCUT2D eigenvalue weighted by atomic mass is 9.64. The van der Waals surface area contributed by atoms with Crippen molar-refractivity contribution in [1.82, 2.24) is 0 Å². The smallest absolute Gasteiger partial charge is 0.314 e. The second-order valence-electron chi connectivity index (χ2n) is 4.76. The van der Waals surface area contributed by atoms with Crippen LogP contribution in [0, 0.1) is 0 Å². The monoisotopic (exact) mass is 247 g/mol. The second-order valence-corrected chi connectivity index (χ2v) is 4.76. The molecule has 0 unspecified atom stereocenters. The van der Waals surface area contributed by atoms with Gasteiger partial charge in [0.25, 0.3) is 5.91 Å². The number of para-hydroxylation sites is 1. The number of aliphatic carboxylic acids is 1. The number of carbonyl (C=O) groups is 2. The van der Waals surface area contributed by atoms with Gasteiger partial charge in [0.05, 0.1) is 11.1 Å². The Morgan fingerprint density at radius 2 is 2.17 bits per heavy atom. The van der Waals surface area contributed by atoms with Gasteiger partial charge >= 0.3 is 5.97 Å². The molecule has 0 saturated heterocycles. The first-order valence-electron chi connectivity index (χ1n) is 5.93. The molecule has 5 nitrogen and oxygen atoms in total. The molecule has 1 heterocycles. The van der Waals surface area contributed by atoms with Crippen molar-refractivity contribution in [3.05, 3.63) is 23.8 Å². The fourth-order valence-corrected chi connectivity index (χ4v) is 2.63. The number of benzene rings is 1. The van der Waals surface area contributed by atoms with Gasteiger partial charge in [0.1, 0.15) is 5.75 Å². The van der Waals surface area contributed by atoms with E-state index in [0.29, 0.717) is 29.8 Å². The van der Waals surface area contributed by atoms with Crippen LogP contribution in [0.4, 0.5) is 5.69 Å². The lowest BCUT2D eigenvalue weighted by Gasteiger charge is -2.40. The third-order valence-corrected chi connectivity index (χ3v) is 3.78. The van der Waals surface area contributed by atoms with Crippen LogP contribution in [0.3, 0.4) is 0 Å². The van der Waals surface area contributed by atoms with Gasteiger partial charge in [0.15, 0.2) is 6.61 Å². The predicted octanol–water partition coefficient (Wildman–Crippen LogP) is 1.52. The maximum Gasteiger partial charge on any atom is 0.314 e. The highest BCUT2D eigenvalue weighted by molar-refractivity contribution is 5.98. The zero-order valence-corrected chi connectivity index (χ0v) is 9.73. The number of hydrogen-bond donors (Lipinski definition) is 2. The zero-order chi connectivity index (χ0) is 12.8. The average Bonchev–Trinajstić information content (AvgIpc) is 2.27. The van der Waals surface area contributed by atoms with E-state index in [9.17, 15) is 14.7 Å². The molecule has 0 aromatic heterocycles. The third kappa shape index (κ3) is 1.40. The summed E-state index contributed by atoms with van der Waals surface area (Å²) in [7, 11) is 0. The summed E-state index contributed by atoms with van der Waals surface area (Å²) >= 11 is 0. The first kappa shape index (κ1) is 11.1. The Balaban J connectivity index is 2.13. The van der Waals surface area contributed by atoms with Crippen LogP contribution in [-0.4, -0.2) is 23.6 Å². The lowest BCUT2D eigenvalue weighted by molar-refractivity contribution is -0.147. The minimum absolute atomic E-state index is 0.0173. The van der Waals surface area contributed by atoms with Crippen LogP contribution in [0.2, 0.25) is 0 Å². The fraction of sp³-hybridized carbons (Fsp3) is 0.385. The van der Waals surface area contributed by atoms with E-state index in [-0.39, 0.29) is 12.5 Å². The van der Waals surface area contributed by atoms with Gasteiger partial charge in [-0.2, -0.15) is 0 Å². The average molecular weight is 247 g/mol. The van der Waals surface area contributed by atoms with Crippen LogP contribution >= 0.6 is 0 Å². The van der Waals surface area contributed by atoms with Crippen molar-refractivity contribution in [3.8, 4) is 5.75 Å². The molecular weight excluding hydrogens is 234 g/mol. The van der Waals surface area contributed by atoms with Crippen molar-refractivity contribution in [1.29, 1.82) is 0 Å². The number of carboxylic acids is 1. The van der Waals surface area contributed by atoms with Gasteiger partial charge < -0.3 is 15.2 Å². The van der Waals surface area contributed by atoms with E-state index in [4.69, 9.17) is 4.74 Å². The maximum atomic E-state index is 11.5. The van der Waals surface area contributed by atoms with Gasteiger partial charge in [0, 0.05) is 0 Å². The van der Waals surface area contributed by atoms with Crippen LogP contribution in [0.1, 0.15) is 24.8 Å². The van der Waals surface area contributed by atoms with Crippen molar-refractivity contribution in [2.45, 2.75) is 24.7 Å². The molecule has 0 bridgehead atoms. The first-order valence-corrected chi connectivity index (χ1v) is 5.93. The Labute approximate surface area is 104 Å². The number of rotatable bonds is 2. The number of carbonyl (C=O) groups excluding carboxylic acids is 1. The summed E-state index contributed by atoms with van der Waals surface area (Å²) in [5.74, 6) is -0.517. The molecule has 1 amide bonds. The maximum absolute atomic E-state index is 11.5. The van der Waals surface area contributed by atoms with E-state index in [2.05, 4.69) is 5.32 Å². The zero-order valence-electron chi connectivity index (χ0n) is 9.73. The molecule has 18 heavy (non-hydrogen) atoms. The van der Waals surface area contributed by atoms with Crippen molar-refractivity contribution in [2.24, 2.45) is 0 Å². The summed E-state index contributed by atoms with van der Waals surface area (Å²) in [6.07, 6.45) is 2.11.